The van der Waals surface area contributed by atoms with E-state index in [-0.39, 0.29) is 5.91 Å². The van der Waals surface area contributed by atoms with E-state index in [0.717, 1.165) is 32.6 Å². The molecule has 0 aromatic carbocycles. The summed E-state index contributed by atoms with van der Waals surface area (Å²) in [5, 5.41) is 0. The van der Waals surface area contributed by atoms with Gasteiger partial charge in [-0.1, -0.05) is 6.92 Å². The van der Waals surface area contributed by atoms with Crippen molar-refractivity contribution in [1.82, 2.24) is 14.8 Å². The predicted molar refractivity (Wildman–Crippen MR) is 81.4 cm³/mol. The Morgan fingerprint density at radius 1 is 1.43 bits per heavy atom. The average Bonchev–Trinajstić information content (AvgIpc) is 2.56. The van der Waals surface area contributed by atoms with Crippen LogP contribution in [-0.4, -0.2) is 66.6 Å². The molecule has 2 heterocycles. The van der Waals surface area contributed by atoms with Gasteiger partial charge in [0.25, 0.3) is 5.91 Å². The first-order chi connectivity index (χ1) is 10.2. The van der Waals surface area contributed by atoms with E-state index < -0.39 is 0 Å². The van der Waals surface area contributed by atoms with E-state index in [1.54, 1.807) is 25.6 Å². The second-order valence-electron chi connectivity index (χ2n) is 5.20. The van der Waals surface area contributed by atoms with Crippen molar-refractivity contribution in [1.29, 1.82) is 0 Å². The van der Waals surface area contributed by atoms with E-state index in [9.17, 15) is 4.79 Å². The number of aromatic nitrogens is 1. The molecule has 1 aliphatic rings. The van der Waals surface area contributed by atoms with E-state index in [1.807, 2.05) is 4.90 Å². The van der Waals surface area contributed by atoms with Gasteiger partial charge in [0, 0.05) is 45.0 Å². The van der Waals surface area contributed by atoms with Crippen LogP contribution in [-0.2, 0) is 0 Å². The van der Waals surface area contributed by atoms with Gasteiger partial charge in [0.2, 0.25) is 0 Å². The molecule has 1 atom stereocenters. The Kier molecular flexibility index (Phi) is 5.52. The zero-order chi connectivity index (χ0) is 15.2. The van der Waals surface area contributed by atoms with Crippen LogP contribution in [0, 0.1) is 0 Å². The molecular weight excluding hydrogens is 268 g/mol. The van der Waals surface area contributed by atoms with Crippen LogP contribution in [0.4, 0.5) is 0 Å². The van der Waals surface area contributed by atoms with Gasteiger partial charge >= 0.3 is 0 Å². The van der Waals surface area contributed by atoms with Crippen LogP contribution in [0.1, 0.15) is 23.7 Å². The maximum absolute atomic E-state index is 12.6. The summed E-state index contributed by atoms with van der Waals surface area (Å²) in [7, 11) is 1.55. The summed E-state index contributed by atoms with van der Waals surface area (Å²) >= 11 is 0. The summed E-state index contributed by atoms with van der Waals surface area (Å²) in [6.45, 7) is 6.00. The number of piperazine rings is 1. The number of rotatable bonds is 5. The van der Waals surface area contributed by atoms with Crippen molar-refractivity contribution in [2.75, 3.05) is 39.8 Å². The van der Waals surface area contributed by atoms with E-state index >= 15 is 0 Å². The lowest BCUT2D eigenvalue weighted by Crippen LogP contribution is -2.53. The number of hydrogen-bond donors (Lipinski definition) is 1. The zero-order valence-electron chi connectivity index (χ0n) is 12.8. The molecular formula is C15H24N4O2. The molecule has 21 heavy (non-hydrogen) atoms. The van der Waals surface area contributed by atoms with Gasteiger partial charge < -0.3 is 15.4 Å². The third kappa shape index (κ3) is 3.51. The second-order valence-corrected chi connectivity index (χ2v) is 5.20. The number of amides is 1. The summed E-state index contributed by atoms with van der Waals surface area (Å²) in [6, 6.07) is 2.13. The smallest absolute Gasteiger partial charge is 0.257 e. The van der Waals surface area contributed by atoms with Crippen molar-refractivity contribution in [2.24, 2.45) is 5.73 Å². The highest BCUT2D eigenvalue weighted by Crippen LogP contribution is 2.19. The summed E-state index contributed by atoms with van der Waals surface area (Å²) in [6.07, 6.45) is 4.24. The van der Waals surface area contributed by atoms with Gasteiger partial charge in [0.15, 0.2) is 0 Å². The van der Waals surface area contributed by atoms with Crippen LogP contribution in [0.15, 0.2) is 18.5 Å². The van der Waals surface area contributed by atoms with E-state index in [1.165, 1.54) is 0 Å². The van der Waals surface area contributed by atoms with Gasteiger partial charge in [-0.2, -0.15) is 0 Å². The van der Waals surface area contributed by atoms with Crippen LogP contribution < -0.4 is 10.5 Å². The van der Waals surface area contributed by atoms with E-state index in [0.29, 0.717) is 23.9 Å². The van der Waals surface area contributed by atoms with Crippen LogP contribution in [0.25, 0.3) is 0 Å². The quantitative estimate of drug-likeness (QED) is 0.860. The lowest BCUT2D eigenvalue weighted by Gasteiger charge is -2.38. The normalized spacial score (nSPS) is 17.6. The minimum absolute atomic E-state index is 0.00898. The maximum Gasteiger partial charge on any atom is 0.257 e. The standard InChI is InChI=1S/C15H24N4O2/c1-3-12(10-16)18-6-8-19(9-7-18)15(20)13-4-5-17-11-14(13)21-2/h4-5,11-12H,3,6-10,16H2,1-2H3. The molecule has 1 unspecified atom stereocenters. The van der Waals surface area contributed by atoms with E-state index in [2.05, 4.69) is 16.8 Å². The predicted octanol–water partition coefficient (Wildman–Crippen LogP) is 0.585. The summed E-state index contributed by atoms with van der Waals surface area (Å²) in [5.74, 6) is 0.535. The van der Waals surface area contributed by atoms with Gasteiger partial charge in [-0.25, -0.2) is 0 Å². The highest BCUT2D eigenvalue weighted by Gasteiger charge is 2.26. The molecule has 1 aromatic rings. The summed E-state index contributed by atoms with van der Waals surface area (Å²) in [5.41, 5.74) is 6.37. The third-order valence-corrected chi connectivity index (χ3v) is 4.10. The molecule has 0 radical (unpaired) electrons. The largest absolute Gasteiger partial charge is 0.494 e. The Morgan fingerprint density at radius 3 is 2.71 bits per heavy atom. The van der Waals surface area contributed by atoms with Crippen molar-refractivity contribution >= 4 is 5.91 Å². The third-order valence-electron chi connectivity index (χ3n) is 4.10. The van der Waals surface area contributed by atoms with Gasteiger partial charge in [-0.3, -0.25) is 14.7 Å². The number of carbonyl (C=O) groups is 1. The highest BCUT2D eigenvalue weighted by atomic mass is 16.5. The molecule has 1 aliphatic heterocycles. The minimum atomic E-state index is 0.00898. The lowest BCUT2D eigenvalue weighted by molar-refractivity contribution is 0.0568. The Hall–Kier alpha value is -1.66. The van der Waals surface area contributed by atoms with Crippen molar-refractivity contribution in [3.8, 4) is 5.75 Å². The fraction of sp³-hybridized carbons (Fsp3) is 0.600. The molecule has 6 heteroatoms. The maximum atomic E-state index is 12.6. The number of hydrogen-bond acceptors (Lipinski definition) is 5. The lowest BCUT2D eigenvalue weighted by atomic mass is 10.1. The van der Waals surface area contributed by atoms with Crippen molar-refractivity contribution in [2.45, 2.75) is 19.4 Å². The fourth-order valence-electron chi connectivity index (χ4n) is 2.75. The van der Waals surface area contributed by atoms with Gasteiger partial charge in [-0.15, -0.1) is 0 Å². The molecule has 2 N–H and O–H groups in total. The highest BCUT2D eigenvalue weighted by molar-refractivity contribution is 5.96. The minimum Gasteiger partial charge on any atom is -0.494 e. The average molecular weight is 292 g/mol. The Bertz CT molecular complexity index is 468. The number of pyridine rings is 1. The molecule has 1 saturated heterocycles. The first-order valence-corrected chi connectivity index (χ1v) is 7.42. The number of nitrogens with zero attached hydrogens (tertiary/aromatic N) is 3. The topological polar surface area (TPSA) is 71.7 Å². The van der Waals surface area contributed by atoms with Gasteiger partial charge in [0.05, 0.1) is 18.9 Å². The molecule has 0 saturated carbocycles. The van der Waals surface area contributed by atoms with Crippen molar-refractivity contribution in [3.05, 3.63) is 24.0 Å². The van der Waals surface area contributed by atoms with Crippen molar-refractivity contribution < 1.29 is 9.53 Å². The monoisotopic (exact) mass is 292 g/mol. The number of nitrogens with two attached hydrogens (primary N) is 1. The van der Waals surface area contributed by atoms with Crippen LogP contribution in [0.2, 0.25) is 0 Å². The zero-order valence-corrected chi connectivity index (χ0v) is 12.8. The Labute approximate surface area is 125 Å². The molecule has 2 rings (SSSR count). The van der Waals surface area contributed by atoms with Gasteiger partial charge in [0.1, 0.15) is 5.75 Å². The molecule has 0 aliphatic carbocycles. The molecule has 0 spiro atoms. The van der Waals surface area contributed by atoms with E-state index in [4.69, 9.17) is 10.5 Å². The molecule has 116 valence electrons. The molecule has 0 bridgehead atoms. The number of methoxy groups -OCH3 is 1. The van der Waals surface area contributed by atoms with Crippen LogP contribution in [0.5, 0.6) is 5.75 Å². The fourth-order valence-corrected chi connectivity index (χ4v) is 2.75. The number of ether oxygens (including phenoxy) is 1. The van der Waals surface area contributed by atoms with Crippen LogP contribution in [0.3, 0.4) is 0 Å². The number of carbonyl (C=O) groups excluding carboxylic acids is 1. The summed E-state index contributed by atoms with van der Waals surface area (Å²) in [4.78, 5) is 20.8. The SMILES string of the molecule is CCC(CN)N1CCN(C(=O)c2ccncc2OC)CC1. The van der Waals surface area contributed by atoms with Crippen molar-refractivity contribution in [3.63, 3.8) is 0 Å². The Balaban J connectivity index is 2.00. The molecule has 1 fully saturated rings. The molecule has 1 amide bonds. The summed E-state index contributed by atoms with van der Waals surface area (Å²) < 4.78 is 5.21. The first kappa shape index (κ1) is 15.7. The first-order valence-electron chi connectivity index (χ1n) is 7.42. The molecule has 6 nitrogen and oxygen atoms in total. The molecule has 1 aromatic heterocycles. The second kappa shape index (κ2) is 7.38. The van der Waals surface area contributed by atoms with Crippen LogP contribution >= 0.6 is 0 Å². The van der Waals surface area contributed by atoms with Gasteiger partial charge in [-0.05, 0) is 12.5 Å². The Morgan fingerprint density at radius 2 is 2.14 bits per heavy atom.